The summed E-state index contributed by atoms with van der Waals surface area (Å²) in [5, 5.41) is 8.88. The first-order valence-corrected chi connectivity index (χ1v) is 4.35. The third-order valence-electron chi connectivity index (χ3n) is 2.30. The molecule has 5 nitrogen and oxygen atoms in total. The first-order valence-electron chi connectivity index (χ1n) is 4.35. The van der Waals surface area contributed by atoms with Gasteiger partial charge in [-0.1, -0.05) is 0 Å². The Morgan fingerprint density at radius 1 is 1.54 bits per heavy atom. The highest BCUT2D eigenvalue weighted by Crippen LogP contribution is 2.05. The summed E-state index contributed by atoms with van der Waals surface area (Å²) in [4.78, 5) is 12.9. The zero-order chi connectivity index (χ0) is 10.4. The van der Waals surface area contributed by atoms with Crippen LogP contribution in [0.1, 0.15) is 20.3 Å². The Morgan fingerprint density at radius 3 is 2.46 bits per heavy atom. The summed E-state index contributed by atoms with van der Waals surface area (Å²) >= 11 is 0. The van der Waals surface area contributed by atoms with Gasteiger partial charge in [0.2, 0.25) is 5.91 Å². The Labute approximate surface area is 78.9 Å². The topological polar surface area (TPSA) is 78.6 Å². The smallest absolute Gasteiger partial charge is 0.235 e. The minimum atomic E-state index is -0.190. The van der Waals surface area contributed by atoms with Gasteiger partial charge in [0.15, 0.2) is 0 Å². The SMILES string of the molecule is CC(CO)N(C)C(C)CC(=O)NN. The Balaban J connectivity index is 3.95. The molecule has 78 valence electrons. The van der Waals surface area contributed by atoms with Crippen molar-refractivity contribution in [2.45, 2.75) is 32.4 Å². The minimum absolute atomic E-state index is 0.0561. The summed E-state index contributed by atoms with van der Waals surface area (Å²) in [6.07, 6.45) is 0.345. The van der Waals surface area contributed by atoms with Crippen molar-refractivity contribution < 1.29 is 9.90 Å². The number of aliphatic hydroxyl groups excluding tert-OH is 1. The highest BCUT2D eigenvalue weighted by atomic mass is 16.3. The van der Waals surface area contributed by atoms with Crippen molar-refractivity contribution in [3.8, 4) is 0 Å². The first kappa shape index (κ1) is 12.3. The van der Waals surface area contributed by atoms with Gasteiger partial charge in [-0.05, 0) is 20.9 Å². The third kappa shape index (κ3) is 4.21. The number of carbonyl (C=O) groups excluding carboxylic acids is 1. The molecule has 0 rings (SSSR count). The third-order valence-corrected chi connectivity index (χ3v) is 2.30. The second kappa shape index (κ2) is 5.90. The molecular formula is C8H19N3O2. The highest BCUT2D eigenvalue weighted by molar-refractivity contribution is 5.75. The Bertz CT molecular complexity index is 163. The number of hydrogen-bond donors (Lipinski definition) is 3. The Morgan fingerprint density at radius 2 is 2.08 bits per heavy atom. The van der Waals surface area contributed by atoms with Crippen molar-refractivity contribution in [2.24, 2.45) is 5.84 Å². The van der Waals surface area contributed by atoms with Crippen LogP contribution in [0, 0.1) is 0 Å². The number of likely N-dealkylation sites (N-methyl/N-ethyl adjacent to an activating group) is 1. The van der Waals surface area contributed by atoms with Crippen LogP contribution in [0.4, 0.5) is 0 Å². The van der Waals surface area contributed by atoms with Gasteiger partial charge in [-0.2, -0.15) is 0 Å². The van der Waals surface area contributed by atoms with Gasteiger partial charge in [-0.15, -0.1) is 0 Å². The second-order valence-electron chi connectivity index (χ2n) is 3.32. The number of rotatable bonds is 5. The number of nitrogens with two attached hydrogens (primary N) is 1. The zero-order valence-electron chi connectivity index (χ0n) is 8.45. The Kier molecular flexibility index (Phi) is 5.61. The molecule has 13 heavy (non-hydrogen) atoms. The van der Waals surface area contributed by atoms with Crippen LogP contribution in [0.3, 0.4) is 0 Å². The lowest BCUT2D eigenvalue weighted by Crippen LogP contribution is -2.42. The monoisotopic (exact) mass is 189 g/mol. The van der Waals surface area contributed by atoms with E-state index in [1.165, 1.54) is 0 Å². The summed E-state index contributed by atoms with van der Waals surface area (Å²) < 4.78 is 0. The highest BCUT2D eigenvalue weighted by Gasteiger charge is 2.17. The van der Waals surface area contributed by atoms with Gasteiger partial charge in [0.05, 0.1) is 6.61 Å². The van der Waals surface area contributed by atoms with Gasteiger partial charge in [-0.3, -0.25) is 15.1 Å². The average molecular weight is 189 g/mol. The Hall–Kier alpha value is -0.650. The average Bonchev–Trinajstić information content (AvgIpc) is 2.14. The van der Waals surface area contributed by atoms with E-state index in [4.69, 9.17) is 10.9 Å². The molecule has 0 radical (unpaired) electrons. The second-order valence-corrected chi connectivity index (χ2v) is 3.32. The van der Waals surface area contributed by atoms with Crippen molar-refractivity contribution in [1.82, 2.24) is 10.3 Å². The predicted octanol–water partition coefficient (Wildman–Crippen LogP) is -0.932. The molecule has 1 amide bonds. The number of hydrogen-bond acceptors (Lipinski definition) is 4. The molecule has 4 N–H and O–H groups in total. The van der Waals surface area contributed by atoms with Gasteiger partial charge in [0, 0.05) is 18.5 Å². The lowest BCUT2D eigenvalue weighted by Gasteiger charge is -2.28. The van der Waals surface area contributed by atoms with Crippen LogP contribution < -0.4 is 11.3 Å². The van der Waals surface area contributed by atoms with Crippen LogP contribution >= 0.6 is 0 Å². The van der Waals surface area contributed by atoms with E-state index < -0.39 is 0 Å². The number of amides is 1. The van der Waals surface area contributed by atoms with E-state index in [9.17, 15) is 4.79 Å². The summed E-state index contributed by atoms with van der Waals surface area (Å²) in [6.45, 7) is 3.91. The number of hydrazine groups is 1. The van der Waals surface area contributed by atoms with Crippen molar-refractivity contribution in [2.75, 3.05) is 13.7 Å². The van der Waals surface area contributed by atoms with E-state index >= 15 is 0 Å². The maximum absolute atomic E-state index is 10.9. The van der Waals surface area contributed by atoms with E-state index in [1.54, 1.807) is 0 Å². The van der Waals surface area contributed by atoms with Crippen LogP contribution in [0.2, 0.25) is 0 Å². The van der Waals surface area contributed by atoms with Crippen molar-refractivity contribution in [3.63, 3.8) is 0 Å². The molecule has 0 bridgehead atoms. The van der Waals surface area contributed by atoms with Crippen LogP contribution in [-0.2, 0) is 4.79 Å². The fourth-order valence-electron chi connectivity index (χ4n) is 1.03. The molecule has 0 aliphatic rings. The molecule has 0 aliphatic heterocycles. The van der Waals surface area contributed by atoms with Gasteiger partial charge < -0.3 is 5.11 Å². The lowest BCUT2D eigenvalue weighted by molar-refractivity contribution is -0.122. The largest absolute Gasteiger partial charge is 0.395 e. The minimum Gasteiger partial charge on any atom is -0.395 e. The molecule has 5 heteroatoms. The lowest BCUT2D eigenvalue weighted by atomic mass is 10.1. The molecule has 0 aliphatic carbocycles. The van der Waals surface area contributed by atoms with Crippen LogP contribution in [0.25, 0.3) is 0 Å². The van der Waals surface area contributed by atoms with Crippen molar-refractivity contribution in [1.29, 1.82) is 0 Å². The summed E-state index contributed by atoms with van der Waals surface area (Å²) in [5.41, 5.74) is 2.08. The van der Waals surface area contributed by atoms with E-state index in [1.807, 2.05) is 25.8 Å². The molecule has 0 heterocycles. The maximum atomic E-state index is 10.9. The summed E-state index contributed by atoms with van der Waals surface area (Å²) in [6, 6.07) is 0.131. The van der Waals surface area contributed by atoms with E-state index in [0.29, 0.717) is 6.42 Å². The van der Waals surface area contributed by atoms with Gasteiger partial charge in [-0.25, -0.2) is 5.84 Å². The van der Waals surface area contributed by atoms with Crippen LogP contribution in [-0.4, -0.2) is 41.7 Å². The molecule has 2 atom stereocenters. The van der Waals surface area contributed by atoms with Gasteiger partial charge in [0.25, 0.3) is 0 Å². The maximum Gasteiger partial charge on any atom is 0.235 e. The molecule has 0 saturated carbocycles. The normalized spacial score (nSPS) is 15.5. The van der Waals surface area contributed by atoms with E-state index in [-0.39, 0.29) is 24.6 Å². The molecule has 0 fully saturated rings. The van der Waals surface area contributed by atoms with Crippen LogP contribution in [0.5, 0.6) is 0 Å². The van der Waals surface area contributed by atoms with E-state index in [0.717, 1.165) is 0 Å². The van der Waals surface area contributed by atoms with Crippen molar-refractivity contribution >= 4 is 5.91 Å². The molecule has 0 aromatic carbocycles. The molecule has 2 unspecified atom stereocenters. The number of carbonyl (C=O) groups is 1. The fraction of sp³-hybridized carbons (Fsp3) is 0.875. The molecule has 0 saturated heterocycles. The zero-order valence-corrected chi connectivity index (χ0v) is 8.45. The van der Waals surface area contributed by atoms with Crippen LogP contribution in [0.15, 0.2) is 0 Å². The van der Waals surface area contributed by atoms with Gasteiger partial charge >= 0.3 is 0 Å². The molecule has 0 aromatic heterocycles. The summed E-state index contributed by atoms with van der Waals surface area (Å²) in [5.74, 6) is 4.77. The fourth-order valence-corrected chi connectivity index (χ4v) is 1.03. The summed E-state index contributed by atoms with van der Waals surface area (Å²) in [7, 11) is 1.87. The number of aliphatic hydroxyl groups is 1. The quantitative estimate of drug-likeness (QED) is 0.296. The first-order chi connectivity index (χ1) is 6.02. The van der Waals surface area contributed by atoms with E-state index in [2.05, 4.69) is 5.43 Å². The predicted molar refractivity (Wildman–Crippen MR) is 50.7 cm³/mol. The van der Waals surface area contributed by atoms with Gasteiger partial charge in [0.1, 0.15) is 0 Å². The molecular weight excluding hydrogens is 170 g/mol. The molecule has 0 spiro atoms. The van der Waals surface area contributed by atoms with Crippen molar-refractivity contribution in [3.05, 3.63) is 0 Å². The number of nitrogens with zero attached hydrogens (tertiary/aromatic N) is 1. The number of nitrogens with one attached hydrogen (secondary N) is 1. The molecule has 0 aromatic rings. The standard InChI is InChI=1S/C8H19N3O2/c1-6(4-8(13)10-9)11(3)7(2)5-12/h6-7,12H,4-5,9H2,1-3H3,(H,10,13).